The maximum atomic E-state index is 13.7. The molecule has 0 radical (unpaired) electrons. The van der Waals surface area contributed by atoms with Crippen LogP contribution in [-0.2, 0) is 28.9 Å². The average Bonchev–Trinajstić information content (AvgIpc) is 3.73. The molecule has 240 valence electrons. The first-order valence-electron chi connectivity index (χ1n) is 14.4. The highest BCUT2D eigenvalue weighted by Crippen LogP contribution is 2.33. The lowest BCUT2D eigenvalue weighted by Gasteiger charge is -2.24. The fraction of sp³-hybridized carbons (Fsp3) is 0.312. The molecule has 1 saturated heterocycles. The maximum absolute atomic E-state index is 13.7. The van der Waals surface area contributed by atoms with Crippen molar-refractivity contribution in [3.05, 3.63) is 83.6 Å². The third-order valence-electron chi connectivity index (χ3n) is 7.89. The lowest BCUT2D eigenvalue weighted by Crippen LogP contribution is -2.48. The van der Waals surface area contributed by atoms with Crippen LogP contribution in [0.2, 0.25) is 0 Å². The SMILES string of the molecule is CC(=O)c1cn(CC(=O)N2C[C@H](C)CC2C(=O)NC2=NCc3cc(C(F)(F)F)ccc32)c2ccc(Nc3cncnc3)cc12.CF. The molecule has 1 fully saturated rings. The molecule has 2 aromatic carbocycles. The number of Topliss-reactive ketones (excluding diaryl/α,β-unsaturated/α-hetero) is 1. The van der Waals surface area contributed by atoms with Crippen molar-refractivity contribution in [2.24, 2.45) is 10.9 Å². The molecular weight excluding hydrogens is 606 g/mol. The van der Waals surface area contributed by atoms with Crippen molar-refractivity contribution < 1.29 is 31.9 Å². The Kier molecular flexibility index (Phi) is 9.17. The molecule has 2 atom stereocenters. The number of ketones is 1. The van der Waals surface area contributed by atoms with Crippen LogP contribution in [0.5, 0.6) is 0 Å². The summed E-state index contributed by atoms with van der Waals surface area (Å²) in [6.45, 7) is 3.70. The molecule has 2 aliphatic heterocycles. The van der Waals surface area contributed by atoms with Crippen molar-refractivity contribution in [2.75, 3.05) is 19.0 Å². The number of aliphatic imine (C=N–C) groups is 1. The standard InChI is InChI=1S/C31H28F3N7O3.CH3F/c1-17-7-27(30(44)39-29-23-5-3-20(31(32,33)34)8-19(23)10-37-29)41(13-17)28(43)15-40-14-25(18(2)42)24-9-21(4-6-26(24)40)38-22-11-35-16-36-12-22;1-2/h3-6,8-9,11-12,14,16-17,27,38H,7,10,13,15H2,1-2H3,(H,37,39,44);1H3/t17-,27?;/m1./s1. The Morgan fingerprint density at radius 3 is 2.46 bits per heavy atom. The van der Waals surface area contributed by atoms with Gasteiger partial charge in [0.05, 0.1) is 37.4 Å². The zero-order chi connectivity index (χ0) is 33.2. The van der Waals surface area contributed by atoms with Gasteiger partial charge in [0.15, 0.2) is 5.78 Å². The van der Waals surface area contributed by atoms with Crippen LogP contribution < -0.4 is 10.6 Å². The second-order valence-electron chi connectivity index (χ2n) is 11.1. The van der Waals surface area contributed by atoms with Gasteiger partial charge in [-0.05, 0) is 55.2 Å². The fourth-order valence-corrected chi connectivity index (χ4v) is 5.81. The van der Waals surface area contributed by atoms with E-state index in [1.165, 1.54) is 24.2 Å². The minimum absolute atomic E-state index is 0.0220. The molecule has 46 heavy (non-hydrogen) atoms. The molecule has 2 aromatic heterocycles. The second kappa shape index (κ2) is 13.1. The van der Waals surface area contributed by atoms with E-state index < -0.39 is 23.7 Å². The van der Waals surface area contributed by atoms with E-state index in [2.05, 4.69) is 25.6 Å². The smallest absolute Gasteiger partial charge is 0.353 e. The van der Waals surface area contributed by atoms with Gasteiger partial charge in [-0.15, -0.1) is 0 Å². The second-order valence-corrected chi connectivity index (χ2v) is 11.1. The van der Waals surface area contributed by atoms with Gasteiger partial charge in [0, 0.05) is 40.5 Å². The number of likely N-dealkylation sites (tertiary alicyclic amines) is 1. The van der Waals surface area contributed by atoms with Gasteiger partial charge < -0.3 is 20.1 Å². The summed E-state index contributed by atoms with van der Waals surface area (Å²) >= 11 is 0. The number of nitrogens with zero attached hydrogens (tertiary/aromatic N) is 5. The number of amidine groups is 1. The Bertz CT molecular complexity index is 1820. The van der Waals surface area contributed by atoms with Gasteiger partial charge in [-0.1, -0.05) is 13.0 Å². The van der Waals surface area contributed by atoms with Crippen LogP contribution in [0.3, 0.4) is 0 Å². The molecule has 2 amide bonds. The average molecular weight is 638 g/mol. The molecule has 6 rings (SSSR count). The topological polar surface area (TPSA) is 122 Å². The van der Waals surface area contributed by atoms with Crippen LogP contribution in [0, 0.1) is 5.92 Å². The first-order chi connectivity index (χ1) is 22.0. The van der Waals surface area contributed by atoms with Crippen molar-refractivity contribution in [3.8, 4) is 0 Å². The minimum atomic E-state index is -4.48. The van der Waals surface area contributed by atoms with Crippen LogP contribution in [0.1, 0.15) is 47.3 Å². The zero-order valence-corrected chi connectivity index (χ0v) is 25.2. The molecule has 10 nitrogen and oxygen atoms in total. The number of carbonyl (C=O) groups is 3. The van der Waals surface area contributed by atoms with Gasteiger partial charge in [-0.3, -0.25) is 23.8 Å². The van der Waals surface area contributed by atoms with Gasteiger partial charge in [-0.25, -0.2) is 9.97 Å². The minimum Gasteiger partial charge on any atom is -0.353 e. The summed E-state index contributed by atoms with van der Waals surface area (Å²) in [5.41, 5.74) is 2.56. The monoisotopic (exact) mass is 637 g/mol. The third-order valence-corrected chi connectivity index (χ3v) is 7.89. The highest BCUT2D eigenvalue weighted by atomic mass is 19.4. The summed E-state index contributed by atoms with van der Waals surface area (Å²) in [5.74, 6) is -0.662. The molecule has 0 bridgehead atoms. The first kappa shape index (κ1) is 32.3. The highest BCUT2D eigenvalue weighted by molar-refractivity contribution is 6.12. The molecule has 14 heteroatoms. The number of benzene rings is 2. The number of amides is 2. The Labute approximate surface area is 261 Å². The highest BCUT2D eigenvalue weighted by Gasteiger charge is 2.39. The van der Waals surface area contributed by atoms with Crippen LogP contribution in [0.4, 0.5) is 28.9 Å². The number of hydrogen-bond acceptors (Lipinski definition) is 7. The lowest BCUT2D eigenvalue weighted by molar-refractivity contribution is -0.138. The molecule has 0 aliphatic carbocycles. The van der Waals surface area contributed by atoms with Crippen LogP contribution >= 0.6 is 0 Å². The van der Waals surface area contributed by atoms with Gasteiger partial charge in [0.2, 0.25) is 11.8 Å². The first-order valence-corrected chi connectivity index (χ1v) is 14.4. The van der Waals surface area contributed by atoms with Crippen molar-refractivity contribution in [1.82, 2.24) is 24.8 Å². The Balaban J connectivity index is 0.00000204. The Morgan fingerprint density at radius 1 is 1.02 bits per heavy atom. The lowest BCUT2D eigenvalue weighted by atomic mass is 10.0. The fourth-order valence-electron chi connectivity index (χ4n) is 5.81. The van der Waals surface area contributed by atoms with Crippen molar-refractivity contribution in [3.63, 3.8) is 0 Å². The summed E-state index contributed by atoms with van der Waals surface area (Å²) in [7, 11) is 0.500. The number of carbonyl (C=O) groups excluding carboxylic acids is 3. The molecule has 4 heterocycles. The quantitative estimate of drug-likeness (QED) is 0.219. The number of alkyl halides is 4. The van der Waals surface area contributed by atoms with Gasteiger partial charge in [0.1, 0.15) is 24.7 Å². The third kappa shape index (κ3) is 6.60. The van der Waals surface area contributed by atoms with Gasteiger partial charge in [-0.2, -0.15) is 13.2 Å². The van der Waals surface area contributed by atoms with Crippen LogP contribution in [-0.4, -0.2) is 62.6 Å². The zero-order valence-electron chi connectivity index (χ0n) is 25.2. The Hall–Kier alpha value is -5.14. The van der Waals surface area contributed by atoms with E-state index in [4.69, 9.17) is 0 Å². The molecule has 0 spiro atoms. The number of aromatic nitrogens is 3. The van der Waals surface area contributed by atoms with Crippen molar-refractivity contribution >= 4 is 45.7 Å². The summed E-state index contributed by atoms with van der Waals surface area (Å²) in [5, 5.41) is 6.62. The van der Waals surface area contributed by atoms with E-state index in [9.17, 15) is 31.9 Å². The predicted octanol–water partition coefficient (Wildman–Crippen LogP) is 5.30. The molecule has 4 aromatic rings. The van der Waals surface area contributed by atoms with Crippen LogP contribution in [0.25, 0.3) is 10.9 Å². The van der Waals surface area contributed by atoms with E-state index in [1.54, 1.807) is 23.2 Å². The van der Waals surface area contributed by atoms with E-state index in [0.717, 1.165) is 17.8 Å². The van der Waals surface area contributed by atoms with E-state index in [-0.39, 0.29) is 36.5 Å². The predicted molar refractivity (Wildman–Crippen MR) is 163 cm³/mol. The number of nitrogens with one attached hydrogen (secondary N) is 2. The molecular formula is C32H31F4N7O3. The number of halogens is 4. The summed E-state index contributed by atoms with van der Waals surface area (Å²) in [4.78, 5) is 53.3. The number of rotatable bonds is 6. The number of anilines is 2. The van der Waals surface area contributed by atoms with E-state index >= 15 is 0 Å². The molecule has 1 unspecified atom stereocenters. The summed E-state index contributed by atoms with van der Waals surface area (Å²) in [6, 6.07) is 8.00. The van der Waals surface area contributed by atoms with Gasteiger partial charge >= 0.3 is 6.18 Å². The van der Waals surface area contributed by atoms with E-state index in [0.29, 0.717) is 53.4 Å². The largest absolute Gasteiger partial charge is 0.416 e. The number of fused-ring (bicyclic) bond motifs is 2. The van der Waals surface area contributed by atoms with Gasteiger partial charge in [0.25, 0.3) is 0 Å². The summed E-state index contributed by atoms with van der Waals surface area (Å²) < 4.78 is 50.6. The molecule has 0 saturated carbocycles. The summed E-state index contributed by atoms with van der Waals surface area (Å²) in [6.07, 6.45) is 2.26. The van der Waals surface area contributed by atoms with Crippen molar-refractivity contribution in [2.45, 2.75) is 45.6 Å². The van der Waals surface area contributed by atoms with Crippen molar-refractivity contribution in [1.29, 1.82) is 0 Å². The molecule has 2 N–H and O–H groups in total. The number of hydrogen-bond donors (Lipinski definition) is 2. The van der Waals surface area contributed by atoms with E-state index in [1.807, 2.05) is 25.1 Å². The molecule has 2 aliphatic rings. The Morgan fingerprint density at radius 2 is 1.76 bits per heavy atom. The maximum Gasteiger partial charge on any atom is 0.416 e. The van der Waals surface area contributed by atoms with Crippen LogP contribution in [0.15, 0.2) is 66.3 Å². The normalized spacial score (nSPS) is 17.2.